The minimum Gasteiger partial charge on any atom is -0.494 e. The molecular formula is C19H22ClNO4. The SMILES string of the molecule is COc1ccc(NC(=O)CCCOc2ccc(Cl)c(C)c2)cc1OC. The Morgan fingerprint density at radius 1 is 1.08 bits per heavy atom. The van der Waals surface area contributed by atoms with Crippen LogP contribution in [0.2, 0.25) is 5.02 Å². The van der Waals surface area contributed by atoms with Crippen molar-refractivity contribution in [2.75, 3.05) is 26.1 Å². The van der Waals surface area contributed by atoms with Crippen molar-refractivity contribution in [3.63, 3.8) is 0 Å². The molecule has 25 heavy (non-hydrogen) atoms. The number of halogens is 1. The van der Waals surface area contributed by atoms with E-state index in [0.717, 1.165) is 11.3 Å². The highest BCUT2D eigenvalue weighted by atomic mass is 35.5. The van der Waals surface area contributed by atoms with E-state index >= 15 is 0 Å². The Morgan fingerprint density at radius 2 is 1.84 bits per heavy atom. The normalized spacial score (nSPS) is 10.2. The van der Waals surface area contributed by atoms with Gasteiger partial charge in [-0.15, -0.1) is 0 Å². The van der Waals surface area contributed by atoms with Crippen LogP contribution in [0.4, 0.5) is 5.69 Å². The van der Waals surface area contributed by atoms with Gasteiger partial charge < -0.3 is 19.5 Å². The summed E-state index contributed by atoms with van der Waals surface area (Å²) in [5.74, 6) is 1.86. The van der Waals surface area contributed by atoms with Gasteiger partial charge in [0.05, 0.1) is 20.8 Å². The van der Waals surface area contributed by atoms with Crippen molar-refractivity contribution < 1.29 is 19.0 Å². The zero-order valence-electron chi connectivity index (χ0n) is 14.6. The number of hydrogen-bond donors (Lipinski definition) is 1. The highest BCUT2D eigenvalue weighted by Crippen LogP contribution is 2.29. The third kappa shape index (κ3) is 5.57. The van der Waals surface area contributed by atoms with Gasteiger partial charge in [0.1, 0.15) is 5.75 Å². The second-order valence-corrected chi connectivity index (χ2v) is 5.89. The van der Waals surface area contributed by atoms with Gasteiger partial charge in [0.15, 0.2) is 11.5 Å². The highest BCUT2D eigenvalue weighted by Gasteiger charge is 2.07. The van der Waals surface area contributed by atoms with Crippen LogP contribution < -0.4 is 19.5 Å². The maximum atomic E-state index is 12.0. The summed E-state index contributed by atoms with van der Waals surface area (Å²) in [6, 6.07) is 10.7. The fourth-order valence-electron chi connectivity index (χ4n) is 2.27. The largest absolute Gasteiger partial charge is 0.494 e. The Bertz CT molecular complexity index is 733. The monoisotopic (exact) mass is 363 g/mol. The second-order valence-electron chi connectivity index (χ2n) is 5.48. The molecule has 0 unspecified atom stereocenters. The maximum absolute atomic E-state index is 12.0. The van der Waals surface area contributed by atoms with E-state index in [-0.39, 0.29) is 5.91 Å². The summed E-state index contributed by atoms with van der Waals surface area (Å²) in [5.41, 5.74) is 1.63. The van der Waals surface area contributed by atoms with Crippen LogP contribution in [0.3, 0.4) is 0 Å². The summed E-state index contributed by atoms with van der Waals surface area (Å²) in [6.07, 6.45) is 0.974. The molecule has 1 N–H and O–H groups in total. The standard InChI is InChI=1S/C19H22ClNO4/c1-13-11-15(7-8-16(13)20)25-10-4-5-19(22)21-14-6-9-17(23-2)18(12-14)24-3/h6-9,11-12H,4-5,10H2,1-3H3,(H,21,22). The molecule has 0 spiro atoms. The summed E-state index contributed by atoms with van der Waals surface area (Å²) in [6.45, 7) is 2.38. The molecule has 0 saturated heterocycles. The Labute approximate surface area is 152 Å². The quantitative estimate of drug-likeness (QED) is 0.703. The molecule has 2 aromatic carbocycles. The van der Waals surface area contributed by atoms with E-state index in [2.05, 4.69) is 5.32 Å². The lowest BCUT2D eigenvalue weighted by molar-refractivity contribution is -0.116. The molecule has 1 amide bonds. The second kappa shape index (κ2) is 9.18. The average molecular weight is 364 g/mol. The zero-order chi connectivity index (χ0) is 18.2. The molecule has 2 aromatic rings. The van der Waals surface area contributed by atoms with Gasteiger partial charge >= 0.3 is 0 Å². The van der Waals surface area contributed by atoms with Crippen molar-refractivity contribution in [1.29, 1.82) is 0 Å². The molecule has 0 aliphatic rings. The van der Waals surface area contributed by atoms with Crippen molar-refractivity contribution in [3.05, 3.63) is 47.0 Å². The van der Waals surface area contributed by atoms with Crippen LogP contribution in [-0.2, 0) is 4.79 Å². The molecule has 2 rings (SSSR count). The van der Waals surface area contributed by atoms with Crippen LogP contribution in [0.5, 0.6) is 17.2 Å². The predicted octanol–water partition coefficient (Wildman–Crippen LogP) is 4.46. The molecule has 0 radical (unpaired) electrons. The van der Waals surface area contributed by atoms with E-state index in [4.69, 9.17) is 25.8 Å². The molecule has 134 valence electrons. The first kappa shape index (κ1) is 18.9. The number of rotatable bonds is 8. The fourth-order valence-corrected chi connectivity index (χ4v) is 2.38. The van der Waals surface area contributed by atoms with Crippen LogP contribution in [-0.4, -0.2) is 26.7 Å². The molecule has 0 bridgehead atoms. The third-order valence-corrected chi connectivity index (χ3v) is 4.04. The lowest BCUT2D eigenvalue weighted by Crippen LogP contribution is -2.13. The highest BCUT2D eigenvalue weighted by molar-refractivity contribution is 6.31. The number of benzene rings is 2. The smallest absolute Gasteiger partial charge is 0.224 e. The summed E-state index contributed by atoms with van der Waals surface area (Å²) in [4.78, 5) is 12.0. The van der Waals surface area contributed by atoms with Crippen molar-refractivity contribution in [1.82, 2.24) is 0 Å². The number of carbonyl (C=O) groups is 1. The molecule has 0 saturated carbocycles. The van der Waals surface area contributed by atoms with E-state index in [9.17, 15) is 4.79 Å². The summed E-state index contributed by atoms with van der Waals surface area (Å²) in [5, 5.41) is 3.55. The van der Waals surface area contributed by atoms with Crippen LogP contribution in [0, 0.1) is 6.92 Å². The van der Waals surface area contributed by atoms with E-state index < -0.39 is 0 Å². The molecule has 0 heterocycles. The number of carbonyl (C=O) groups excluding carboxylic acids is 1. The van der Waals surface area contributed by atoms with Crippen molar-refractivity contribution >= 4 is 23.2 Å². The molecule has 6 heteroatoms. The van der Waals surface area contributed by atoms with Crippen molar-refractivity contribution in [3.8, 4) is 17.2 Å². The van der Waals surface area contributed by atoms with Crippen LogP contribution in [0.25, 0.3) is 0 Å². The molecule has 0 aromatic heterocycles. The van der Waals surface area contributed by atoms with Gasteiger partial charge in [0.25, 0.3) is 0 Å². The van der Waals surface area contributed by atoms with Gasteiger partial charge in [-0.3, -0.25) is 4.79 Å². The molecule has 0 atom stereocenters. The lowest BCUT2D eigenvalue weighted by atomic mass is 10.2. The summed E-state index contributed by atoms with van der Waals surface area (Å²) < 4.78 is 16.0. The van der Waals surface area contributed by atoms with Crippen LogP contribution in [0.15, 0.2) is 36.4 Å². The zero-order valence-corrected chi connectivity index (χ0v) is 15.4. The van der Waals surface area contributed by atoms with E-state index in [1.807, 2.05) is 19.1 Å². The minimum atomic E-state index is -0.0805. The van der Waals surface area contributed by atoms with Gasteiger partial charge in [-0.05, 0) is 49.2 Å². The first-order valence-electron chi connectivity index (χ1n) is 7.94. The van der Waals surface area contributed by atoms with E-state index in [1.165, 1.54) is 0 Å². The number of amides is 1. The summed E-state index contributed by atoms with van der Waals surface area (Å²) in [7, 11) is 3.12. The molecule has 0 aliphatic carbocycles. The van der Waals surface area contributed by atoms with Crippen molar-refractivity contribution in [2.45, 2.75) is 19.8 Å². The number of anilines is 1. The minimum absolute atomic E-state index is 0.0805. The van der Waals surface area contributed by atoms with E-state index in [1.54, 1.807) is 38.5 Å². The van der Waals surface area contributed by atoms with Crippen LogP contribution in [0.1, 0.15) is 18.4 Å². The first-order valence-corrected chi connectivity index (χ1v) is 8.32. The number of methoxy groups -OCH3 is 2. The third-order valence-electron chi connectivity index (χ3n) is 3.61. The van der Waals surface area contributed by atoms with Gasteiger partial charge in [-0.2, -0.15) is 0 Å². The molecule has 5 nitrogen and oxygen atoms in total. The van der Waals surface area contributed by atoms with Gasteiger partial charge in [-0.25, -0.2) is 0 Å². The van der Waals surface area contributed by atoms with Gasteiger partial charge in [-0.1, -0.05) is 11.6 Å². The average Bonchev–Trinajstić information content (AvgIpc) is 2.61. The molecular weight excluding hydrogens is 342 g/mol. The molecule has 0 fully saturated rings. The fraction of sp³-hybridized carbons (Fsp3) is 0.316. The van der Waals surface area contributed by atoms with Crippen molar-refractivity contribution in [2.24, 2.45) is 0 Å². The Balaban J connectivity index is 1.78. The lowest BCUT2D eigenvalue weighted by Gasteiger charge is -2.11. The van der Waals surface area contributed by atoms with Crippen LogP contribution >= 0.6 is 11.6 Å². The maximum Gasteiger partial charge on any atom is 0.224 e. The molecule has 0 aliphatic heterocycles. The Morgan fingerprint density at radius 3 is 2.52 bits per heavy atom. The summed E-state index contributed by atoms with van der Waals surface area (Å²) >= 11 is 5.98. The number of nitrogens with one attached hydrogen (secondary N) is 1. The van der Waals surface area contributed by atoms with E-state index in [0.29, 0.717) is 41.7 Å². The Hall–Kier alpha value is -2.40. The van der Waals surface area contributed by atoms with Gasteiger partial charge in [0.2, 0.25) is 5.91 Å². The first-order chi connectivity index (χ1) is 12.0. The number of ether oxygens (including phenoxy) is 3. The number of aryl methyl sites for hydroxylation is 1. The Kier molecular flexibility index (Phi) is 6.95. The number of hydrogen-bond acceptors (Lipinski definition) is 4. The predicted molar refractivity (Wildman–Crippen MR) is 99.1 cm³/mol. The van der Waals surface area contributed by atoms with Gasteiger partial charge in [0, 0.05) is 23.2 Å². The topological polar surface area (TPSA) is 56.8 Å².